The summed E-state index contributed by atoms with van der Waals surface area (Å²) in [6.07, 6.45) is 2.03. The number of carbonyl (C=O) groups is 2. The first-order valence-corrected chi connectivity index (χ1v) is 11.9. The summed E-state index contributed by atoms with van der Waals surface area (Å²) >= 11 is 0. The van der Waals surface area contributed by atoms with Gasteiger partial charge in [-0.2, -0.15) is 4.72 Å². The number of hydrogen-bond donors (Lipinski definition) is 3. The second-order valence-corrected chi connectivity index (χ2v) is 9.09. The van der Waals surface area contributed by atoms with E-state index in [1.165, 1.54) is 60.8 Å². The van der Waals surface area contributed by atoms with E-state index in [1.54, 1.807) is 6.07 Å². The maximum atomic E-state index is 13.4. The van der Waals surface area contributed by atoms with E-state index in [-0.39, 0.29) is 28.5 Å². The van der Waals surface area contributed by atoms with Gasteiger partial charge in [0.25, 0.3) is 5.91 Å². The molecule has 13 heteroatoms. The minimum absolute atomic E-state index is 0.00757. The van der Waals surface area contributed by atoms with Crippen molar-refractivity contribution in [3.63, 3.8) is 0 Å². The molecule has 3 aromatic rings. The van der Waals surface area contributed by atoms with Gasteiger partial charge in [-0.3, -0.25) is 9.59 Å². The molecule has 0 radical (unpaired) electrons. The molecule has 1 amide bonds. The molecule has 0 fully saturated rings. The fourth-order valence-corrected chi connectivity index (χ4v) is 4.16. The Morgan fingerprint density at radius 2 is 1.94 bits per heavy atom. The van der Waals surface area contributed by atoms with Crippen LogP contribution in [0.5, 0.6) is 0 Å². The smallest absolute Gasteiger partial charge is 0.274 e. The van der Waals surface area contributed by atoms with Crippen LogP contribution in [0.1, 0.15) is 5.76 Å². The zero-order chi connectivity index (χ0) is 25.7. The molecule has 1 atom stereocenters. The van der Waals surface area contributed by atoms with E-state index in [2.05, 4.69) is 15.1 Å². The molecule has 0 spiro atoms. The van der Waals surface area contributed by atoms with Crippen LogP contribution in [0.3, 0.4) is 0 Å². The third-order valence-electron chi connectivity index (χ3n) is 4.90. The third-order valence-corrected chi connectivity index (χ3v) is 6.30. The van der Waals surface area contributed by atoms with Crippen molar-refractivity contribution in [3.8, 4) is 11.3 Å². The molecule has 1 unspecified atom stereocenters. The summed E-state index contributed by atoms with van der Waals surface area (Å²) in [7, 11) is -3.85. The Morgan fingerprint density at radius 3 is 2.61 bits per heavy atom. The van der Waals surface area contributed by atoms with Crippen LogP contribution >= 0.6 is 0 Å². The molecular formula is C23H20FN5O6S. The van der Waals surface area contributed by atoms with Crippen LogP contribution in [0, 0.1) is 5.82 Å². The average molecular weight is 514 g/mol. The summed E-state index contributed by atoms with van der Waals surface area (Å²) < 4.78 is 51.3. The Hall–Kier alpha value is -4.17. The second-order valence-electron chi connectivity index (χ2n) is 7.37. The number of furan rings is 1. The number of aliphatic imine (C=N–C) groups is 1. The average Bonchev–Trinajstić information content (AvgIpc) is 3.54. The van der Waals surface area contributed by atoms with Crippen molar-refractivity contribution in [3.05, 3.63) is 77.8 Å². The molecule has 2 heterocycles. The van der Waals surface area contributed by atoms with Gasteiger partial charge >= 0.3 is 0 Å². The van der Waals surface area contributed by atoms with Gasteiger partial charge in [-0.1, -0.05) is 6.07 Å². The summed E-state index contributed by atoms with van der Waals surface area (Å²) in [6.45, 7) is 0.229. The van der Waals surface area contributed by atoms with Gasteiger partial charge in [0.1, 0.15) is 17.3 Å². The summed E-state index contributed by atoms with van der Waals surface area (Å²) in [5.74, 6) is 4.89. The van der Waals surface area contributed by atoms with Crippen LogP contribution in [0.25, 0.3) is 17.4 Å². The predicted octanol–water partition coefficient (Wildman–Crippen LogP) is 1.74. The fourth-order valence-electron chi connectivity index (χ4n) is 3.14. The first kappa shape index (κ1) is 24.9. The van der Waals surface area contributed by atoms with Gasteiger partial charge in [-0.05, 0) is 54.6 Å². The maximum Gasteiger partial charge on any atom is 0.274 e. The molecule has 1 aliphatic rings. The molecule has 186 valence electrons. The minimum atomic E-state index is -3.85. The molecule has 1 aromatic heterocycles. The molecule has 0 bridgehead atoms. The lowest BCUT2D eigenvalue weighted by Crippen LogP contribution is -2.48. The molecule has 0 saturated carbocycles. The Kier molecular flexibility index (Phi) is 7.36. The number of nitrogens with two attached hydrogens (primary N) is 1. The van der Waals surface area contributed by atoms with Crippen molar-refractivity contribution < 1.29 is 31.6 Å². The molecular weight excluding hydrogens is 493 g/mol. The third kappa shape index (κ3) is 5.90. The zero-order valence-electron chi connectivity index (χ0n) is 18.5. The number of halogens is 1. The number of rotatable bonds is 9. The molecule has 11 nitrogen and oxygen atoms in total. The van der Waals surface area contributed by atoms with Gasteiger partial charge in [0.15, 0.2) is 6.29 Å². The number of carbonyl (C=O) groups excluding carboxylic acids is 2. The van der Waals surface area contributed by atoms with Crippen LogP contribution in [-0.4, -0.2) is 39.8 Å². The number of hydrazine groups is 2. The number of anilines is 1. The lowest BCUT2D eigenvalue weighted by atomic mass is 10.2. The number of nitrogens with zero attached hydrogens (tertiary/aromatic N) is 2. The molecule has 36 heavy (non-hydrogen) atoms. The van der Waals surface area contributed by atoms with Crippen molar-refractivity contribution in [2.75, 3.05) is 11.7 Å². The summed E-state index contributed by atoms with van der Waals surface area (Å²) in [6, 6.07) is 14.2. The van der Waals surface area contributed by atoms with Crippen molar-refractivity contribution in [2.24, 2.45) is 10.8 Å². The molecule has 4 N–H and O–H groups in total. The predicted molar refractivity (Wildman–Crippen MR) is 128 cm³/mol. The van der Waals surface area contributed by atoms with Crippen LogP contribution in [-0.2, 0) is 24.3 Å². The van der Waals surface area contributed by atoms with Crippen LogP contribution < -0.4 is 21.1 Å². The number of benzene rings is 2. The van der Waals surface area contributed by atoms with Gasteiger partial charge in [0, 0.05) is 17.8 Å². The second kappa shape index (κ2) is 10.6. The van der Waals surface area contributed by atoms with Crippen molar-refractivity contribution in [1.29, 1.82) is 0 Å². The van der Waals surface area contributed by atoms with Gasteiger partial charge in [0.2, 0.25) is 16.4 Å². The molecule has 0 aliphatic carbocycles. The van der Waals surface area contributed by atoms with Crippen molar-refractivity contribution in [2.45, 2.75) is 11.2 Å². The topological polar surface area (TPSA) is 156 Å². The van der Waals surface area contributed by atoms with Crippen molar-refractivity contribution in [1.82, 2.24) is 10.1 Å². The maximum absolute atomic E-state index is 13.4. The van der Waals surface area contributed by atoms with E-state index < -0.39 is 28.1 Å². The molecule has 2 aromatic carbocycles. The van der Waals surface area contributed by atoms with Crippen LogP contribution in [0.2, 0.25) is 0 Å². The Morgan fingerprint density at radius 1 is 1.17 bits per heavy atom. The first-order valence-electron chi connectivity index (χ1n) is 10.4. The highest BCUT2D eigenvalue weighted by atomic mass is 32.2. The molecule has 4 rings (SSSR count). The molecule has 1 aliphatic heterocycles. The van der Waals surface area contributed by atoms with Crippen LogP contribution in [0.4, 0.5) is 10.1 Å². The standard InChI is InChI=1S/C23H20FN5O6S/c24-17-2-1-3-18(13-17)29(25)27-22(31)16(14-30)12-19-6-9-21(35-19)15-4-7-20(8-5-15)36(32,33)28-23-26-10-11-34-23/h1-10,12-14,23,28H,11,25H2,(H,27,31). The van der Waals surface area contributed by atoms with E-state index in [0.29, 0.717) is 17.6 Å². The van der Waals surface area contributed by atoms with Gasteiger partial charge in [0.05, 0.1) is 22.8 Å². The Labute approximate surface area is 205 Å². The van der Waals surface area contributed by atoms with Gasteiger partial charge in [-0.15, -0.1) is 0 Å². The fraction of sp³-hybridized carbons (Fsp3) is 0.0870. The van der Waals surface area contributed by atoms with Gasteiger partial charge < -0.3 is 9.15 Å². The number of amides is 1. The lowest BCUT2D eigenvalue weighted by molar-refractivity contribution is -0.119. The normalized spacial score (nSPS) is 15.6. The highest BCUT2D eigenvalue weighted by Gasteiger charge is 2.21. The van der Waals surface area contributed by atoms with Crippen molar-refractivity contribution >= 4 is 40.2 Å². The first-order chi connectivity index (χ1) is 17.2. The van der Waals surface area contributed by atoms with Crippen LogP contribution in [0.15, 0.2) is 80.5 Å². The van der Waals surface area contributed by atoms with E-state index in [4.69, 9.17) is 15.0 Å². The zero-order valence-corrected chi connectivity index (χ0v) is 19.3. The number of nitrogens with one attached hydrogen (secondary N) is 2. The Bertz CT molecular complexity index is 1440. The number of hydrogen-bond acceptors (Lipinski definition) is 9. The highest BCUT2D eigenvalue weighted by Crippen LogP contribution is 2.25. The lowest BCUT2D eigenvalue weighted by Gasteiger charge is -2.19. The minimum Gasteiger partial charge on any atom is -0.457 e. The van der Waals surface area contributed by atoms with E-state index >= 15 is 0 Å². The molecule has 0 saturated heterocycles. The number of ether oxygens (including phenoxy) is 1. The van der Waals surface area contributed by atoms with E-state index in [0.717, 1.165) is 11.2 Å². The quantitative estimate of drug-likeness (QED) is 0.0976. The number of sulfonamides is 1. The monoisotopic (exact) mass is 513 g/mol. The van der Waals surface area contributed by atoms with E-state index in [1.807, 2.05) is 0 Å². The SMILES string of the molecule is NN(NC(=O)C(C=O)=Cc1ccc(-c2ccc(S(=O)(=O)NC3N=CCO3)cc2)o1)c1cccc(F)c1. The Balaban J connectivity index is 1.45. The number of aldehydes is 1. The largest absolute Gasteiger partial charge is 0.457 e. The summed E-state index contributed by atoms with van der Waals surface area (Å²) in [5, 5.41) is 0.784. The summed E-state index contributed by atoms with van der Waals surface area (Å²) in [4.78, 5) is 27.8. The van der Waals surface area contributed by atoms with E-state index in [9.17, 15) is 22.4 Å². The highest BCUT2D eigenvalue weighted by molar-refractivity contribution is 7.89. The van der Waals surface area contributed by atoms with Gasteiger partial charge in [-0.25, -0.2) is 34.2 Å². The summed E-state index contributed by atoms with van der Waals surface area (Å²) in [5.41, 5.74) is 2.68.